The number of allylic oxidation sites excluding steroid dienone is 2. The molecule has 176 valence electrons. The highest BCUT2D eigenvalue weighted by atomic mass is 16.6. The summed E-state index contributed by atoms with van der Waals surface area (Å²) in [4.78, 5) is 12.9. The molecule has 30 heavy (non-hydrogen) atoms. The summed E-state index contributed by atoms with van der Waals surface area (Å²) < 4.78 is 21.1. The molecule has 0 fully saturated rings. The second-order valence-electron chi connectivity index (χ2n) is 7.78. The lowest BCUT2D eigenvalue weighted by Gasteiger charge is -2.24. The number of carbonyl (C=O) groups is 1. The Labute approximate surface area is 183 Å². The van der Waals surface area contributed by atoms with Crippen molar-refractivity contribution >= 4 is 6.09 Å². The fourth-order valence-corrected chi connectivity index (χ4v) is 3.58. The van der Waals surface area contributed by atoms with Crippen LogP contribution in [-0.4, -0.2) is 76.9 Å². The molecule has 0 bridgehead atoms. The monoisotopic (exact) mass is 428 g/mol. The molecule has 0 saturated heterocycles. The number of amides is 1. The Kier molecular flexibility index (Phi) is 17.7. The summed E-state index contributed by atoms with van der Waals surface area (Å²) in [5, 5.41) is 0. The van der Waals surface area contributed by atoms with Crippen molar-refractivity contribution in [1.29, 1.82) is 0 Å². The number of ether oxygens (including phenoxy) is 4. The molecule has 1 unspecified atom stereocenters. The first kappa shape index (κ1) is 26.9. The molecule has 0 aromatic carbocycles. The van der Waals surface area contributed by atoms with Gasteiger partial charge in [0.25, 0.3) is 0 Å². The minimum Gasteiger partial charge on any atom is -0.450 e. The maximum Gasteiger partial charge on any atom is 0.404 e. The number of hydrogen-bond donors (Lipinski definition) is 1. The molecule has 0 radical (unpaired) electrons. The van der Waals surface area contributed by atoms with Crippen molar-refractivity contribution in [3.05, 3.63) is 12.2 Å². The van der Waals surface area contributed by atoms with Crippen LogP contribution in [0.2, 0.25) is 0 Å². The fraction of sp³-hybridized carbons (Fsp3) is 0.870. The minimum atomic E-state index is -0.747. The Morgan fingerprint density at radius 2 is 1.57 bits per heavy atom. The van der Waals surface area contributed by atoms with E-state index in [-0.39, 0.29) is 6.61 Å². The Hall–Kier alpha value is -1.15. The second-order valence-corrected chi connectivity index (χ2v) is 7.78. The van der Waals surface area contributed by atoms with Gasteiger partial charge in [0.2, 0.25) is 0 Å². The van der Waals surface area contributed by atoms with E-state index in [9.17, 15) is 4.79 Å². The van der Waals surface area contributed by atoms with Gasteiger partial charge in [0.05, 0.1) is 33.0 Å². The lowest BCUT2D eigenvalue weighted by atomic mass is 9.91. The zero-order valence-electron chi connectivity index (χ0n) is 19.0. The number of primary amides is 1. The first-order chi connectivity index (χ1) is 14.7. The highest BCUT2D eigenvalue weighted by molar-refractivity contribution is 5.64. The van der Waals surface area contributed by atoms with Crippen molar-refractivity contribution < 1.29 is 23.7 Å². The molecule has 1 atom stereocenters. The number of nitrogens with two attached hydrogens (primary N) is 1. The first-order valence-electron chi connectivity index (χ1n) is 11.7. The Bertz CT molecular complexity index is 434. The number of rotatable bonds is 18. The summed E-state index contributed by atoms with van der Waals surface area (Å²) in [6.45, 7) is 9.56. The molecule has 1 aliphatic rings. The summed E-state index contributed by atoms with van der Waals surface area (Å²) >= 11 is 0. The molecule has 2 N–H and O–H groups in total. The summed E-state index contributed by atoms with van der Waals surface area (Å²) in [6.07, 6.45) is 13.6. The van der Waals surface area contributed by atoms with Crippen LogP contribution in [0.4, 0.5) is 4.79 Å². The number of nitrogens with zero attached hydrogens (tertiary/aromatic N) is 1. The third-order valence-corrected chi connectivity index (χ3v) is 5.38. The van der Waals surface area contributed by atoms with Crippen LogP contribution in [0, 0.1) is 5.92 Å². The third-order valence-electron chi connectivity index (χ3n) is 5.38. The van der Waals surface area contributed by atoms with E-state index in [4.69, 9.17) is 19.9 Å². The molecule has 0 heterocycles. The van der Waals surface area contributed by atoms with Gasteiger partial charge in [-0.2, -0.15) is 0 Å². The largest absolute Gasteiger partial charge is 0.450 e. The Morgan fingerprint density at radius 3 is 2.27 bits per heavy atom. The van der Waals surface area contributed by atoms with Crippen LogP contribution in [0.5, 0.6) is 0 Å². The van der Waals surface area contributed by atoms with Crippen molar-refractivity contribution in [2.75, 3.05) is 65.9 Å². The highest BCUT2D eigenvalue weighted by Crippen LogP contribution is 2.22. The van der Waals surface area contributed by atoms with Gasteiger partial charge >= 0.3 is 6.09 Å². The van der Waals surface area contributed by atoms with Gasteiger partial charge in [-0.05, 0) is 57.5 Å². The van der Waals surface area contributed by atoms with Crippen LogP contribution < -0.4 is 5.73 Å². The van der Waals surface area contributed by atoms with Gasteiger partial charge in [-0.1, -0.05) is 25.5 Å². The van der Waals surface area contributed by atoms with E-state index < -0.39 is 6.09 Å². The van der Waals surface area contributed by atoms with Gasteiger partial charge in [-0.25, -0.2) is 4.79 Å². The molecule has 0 aliphatic heterocycles. The zero-order chi connectivity index (χ0) is 21.7. The molecule has 1 rings (SSSR count). The topological polar surface area (TPSA) is 83.2 Å². The third kappa shape index (κ3) is 16.6. The van der Waals surface area contributed by atoms with Gasteiger partial charge < -0.3 is 29.6 Å². The summed E-state index contributed by atoms with van der Waals surface area (Å²) in [7, 11) is 0. The summed E-state index contributed by atoms with van der Waals surface area (Å²) in [6, 6.07) is 0. The van der Waals surface area contributed by atoms with Crippen LogP contribution in [0.1, 0.15) is 58.3 Å². The first-order valence-corrected chi connectivity index (χ1v) is 11.7. The van der Waals surface area contributed by atoms with Crippen LogP contribution in [0.15, 0.2) is 12.2 Å². The molecule has 1 amide bonds. The lowest BCUT2D eigenvalue weighted by Crippen LogP contribution is -2.28. The summed E-state index contributed by atoms with van der Waals surface area (Å²) in [5.41, 5.74) is 4.87. The van der Waals surface area contributed by atoms with E-state index in [0.717, 1.165) is 32.0 Å². The standard InChI is InChI=1S/C23H44N2O5/c1-2-25(14-12-22-10-6-4-3-5-7-11-22)13-8-15-27-18-20-29-21-19-28-16-9-17-30-23(24)26/h3-4,22H,2,5-21H2,1H3,(H2,24,26)/b4-3-. The molecule has 0 saturated carbocycles. The lowest BCUT2D eigenvalue weighted by molar-refractivity contribution is 0.0106. The smallest absolute Gasteiger partial charge is 0.404 e. The maximum absolute atomic E-state index is 10.4. The fourth-order valence-electron chi connectivity index (χ4n) is 3.58. The van der Waals surface area contributed by atoms with Gasteiger partial charge in [0, 0.05) is 26.2 Å². The highest BCUT2D eigenvalue weighted by Gasteiger charge is 2.11. The number of carbonyl (C=O) groups excluding carboxylic acids is 1. The Morgan fingerprint density at radius 1 is 0.900 bits per heavy atom. The normalized spacial score (nSPS) is 18.1. The SMILES string of the molecule is CCN(CCCOCCOCCOCCCOC(N)=O)CCC1CC/C=C\CCC1. The van der Waals surface area contributed by atoms with Gasteiger partial charge in [-0.3, -0.25) is 0 Å². The van der Waals surface area contributed by atoms with E-state index >= 15 is 0 Å². The minimum absolute atomic E-state index is 0.289. The van der Waals surface area contributed by atoms with Crippen molar-refractivity contribution in [2.24, 2.45) is 11.7 Å². The molecular weight excluding hydrogens is 384 g/mol. The van der Waals surface area contributed by atoms with Crippen LogP contribution in [0.25, 0.3) is 0 Å². The van der Waals surface area contributed by atoms with E-state index in [2.05, 4.69) is 28.7 Å². The van der Waals surface area contributed by atoms with Crippen LogP contribution >= 0.6 is 0 Å². The molecule has 0 aromatic heterocycles. The molecule has 7 nitrogen and oxygen atoms in total. The van der Waals surface area contributed by atoms with Gasteiger partial charge in [0.15, 0.2) is 0 Å². The van der Waals surface area contributed by atoms with E-state index in [1.54, 1.807) is 0 Å². The molecule has 1 aliphatic carbocycles. The van der Waals surface area contributed by atoms with Crippen molar-refractivity contribution in [1.82, 2.24) is 4.90 Å². The van der Waals surface area contributed by atoms with Gasteiger partial charge in [-0.15, -0.1) is 0 Å². The van der Waals surface area contributed by atoms with Gasteiger partial charge in [0.1, 0.15) is 0 Å². The molecule has 0 spiro atoms. The van der Waals surface area contributed by atoms with Crippen molar-refractivity contribution in [3.63, 3.8) is 0 Å². The van der Waals surface area contributed by atoms with Crippen molar-refractivity contribution in [3.8, 4) is 0 Å². The quantitative estimate of drug-likeness (QED) is 0.264. The number of hydrogen-bond acceptors (Lipinski definition) is 6. The Balaban J connectivity index is 1.86. The molecule has 7 heteroatoms. The van der Waals surface area contributed by atoms with Crippen LogP contribution in [0.3, 0.4) is 0 Å². The van der Waals surface area contributed by atoms with E-state index in [1.807, 2.05) is 0 Å². The molecular formula is C23H44N2O5. The predicted molar refractivity (Wildman–Crippen MR) is 120 cm³/mol. The van der Waals surface area contributed by atoms with E-state index in [0.29, 0.717) is 39.5 Å². The zero-order valence-corrected chi connectivity index (χ0v) is 19.0. The average Bonchev–Trinajstić information content (AvgIpc) is 2.71. The maximum atomic E-state index is 10.4. The average molecular weight is 429 g/mol. The second kappa shape index (κ2) is 19.8. The summed E-state index contributed by atoms with van der Waals surface area (Å²) in [5.74, 6) is 0.893. The van der Waals surface area contributed by atoms with Crippen LogP contribution in [-0.2, 0) is 18.9 Å². The van der Waals surface area contributed by atoms with Crippen molar-refractivity contribution in [2.45, 2.75) is 58.3 Å². The predicted octanol–water partition coefficient (Wildman–Crippen LogP) is 3.76. The van der Waals surface area contributed by atoms with E-state index in [1.165, 1.54) is 45.1 Å². The molecule has 0 aromatic rings.